The fourth-order valence-corrected chi connectivity index (χ4v) is 2.64. The van der Waals surface area contributed by atoms with Crippen molar-refractivity contribution in [3.8, 4) is 0 Å². The maximum absolute atomic E-state index is 12.2. The van der Waals surface area contributed by atoms with Crippen molar-refractivity contribution in [2.45, 2.75) is 26.0 Å². The van der Waals surface area contributed by atoms with Crippen molar-refractivity contribution in [3.05, 3.63) is 64.9 Å². The zero-order chi connectivity index (χ0) is 17.5. The van der Waals surface area contributed by atoms with E-state index in [2.05, 4.69) is 15.6 Å². The Morgan fingerprint density at radius 1 is 1.21 bits per heavy atom. The van der Waals surface area contributed by atoms with Crippen LogP contribution in [0, 0.1) is 5.92 Å². The quantitative estimate of drug-likeness (QED) is 0.749. The van der Waals surface area contributed by atoms with Gasteiger partial charge < -0.3 is 15.7 Å². The highest BCUT2D eigenvalue weighted by Gasteiger charge is 2.20. The van der Waals surface area contributed by atoms with E-state index in [0.29, 0.717) is 10.6 Å². The highest BCUT2D eigenvalue weighted by molar-refractivity contribution is 6.31. The Kier molecular flexibility index (Phi) is 6.58. The van der Waals surface area contributed by atoms with Gasteiger partial charge in [0.25, 0.3) is 0 Å². The molecule has 0 fully saturated rings. The third-order valence-corrected chi connectivity index (χ3v) is 4.02. The summed E-state index contributed by atoms with van der Waals surface area (Å²) in [5.41, 5.74) is 1.39. The first-order chi connectivity index (χ1) is 11.5. The van der Waals surface area contributed by atoms with Crippen LogP contribution in [0.3, 0.4) is 0 Å². The van der Waals surface area contributed by atoms with Gasteiger partial charge in [0.15, 0.2) is 0 Å². The fourth-order valence-electron chi connectivity index (χ4n) is 2.38. The van der Waals surface area contributed by atoms with E-state index in [1.165, 1.54) is 0 Å². The van der Waals surface area contributed by atoms with Crippen molar-refractivity contribution < 1.29 is 9.90 Å². The average Bonchev–Trinajstić information content (AvgIpc) is 2.58. The number of pyridine rings is 1. The molecule has 2 amide bonds. The normalized spacial score (nSPS) is 13.4. The molecule has 1 aromatic heterocycles. The van der Waals surface area contributed by atoms with Gasteiger partial charge >= 0.3 is 6.03 Å². The Labute approximate surface area is 147 Å². The van der Waals surface area contributed by atoms with Gasteiger partial charge in [-0.05, 0) is 24.1 Å². The van der Waals surface area contributed by atoms with Gasteiger partial charge in [-0.1, -0.05) is 49.7 Å². The molecule has 1 heterocycles. The molecule has 5 nitrogen and oxygen atoms in total. The number of rotatable bonds is 6. The van der Waals surface area contributed by atoms with Crippen molar-refractivity contribution >= 4 is 17.6 Å². The summed E-state index contributed by atoms with van der Waals surface area (Å²) in [6.07, 6.45) is 0.836. The number of carbonyl (C=O) groups excluding carboxylic acids is 1. The Balaban J connectivity index is 1.93. The van der Waals surface area contributed by atoms with Crippen LogP contribution in [-0.2, 0) is 0 Å². The molecular weight excluding hydrogens is 326 g/mol. The molecule has 0 aliphatic carbocycles. The molecule has 0 saturated heterocycles. The highest BCUT2D eigenvalue weighted by Crippen LogP contribution is 2.22. The number of urea groups is 1. The minimum absolute atomic E-state index is 0.0720. The molecule has 0 aliphatic rings. The topological polar surface area (TPSA) is 74.2 Å². The number of aliphatic hydroxyl groups excluding tert-OH is 1. The van der Waals surface area contributed by atoms with Crippen LogP contribution in [0.5, 0.6) is 0 Å². The molecular formula is C18H22ClN3O2. The average molecular weight is 348 g/mol. The van der Waals surface area contributed by atoms with Crippen molar-refractivity contribution in [2.24, 2.45) is 5.92 Å². The van der Waals surface area contributed by atoms with Gasteiger partial charge in [-0.3, -0.25) is 4.98 Å². The lowest BCUT2D eigenvalue weighted by atomic mass is 10.0. The minimum Gasteiger partial charge on any atom is -0.387 e. The van der Waals surface area contributed by atoms with E-state index in [4.69, 9.17) is 11.6 Å². The van der Waals surface area contributed by atoms with E-state index < -0.39 is 6.10 Å². The molecule has 128 valence electrons. The van der Waals surface area contributed by atoms with Crippen LogP contribution in [0.2, 0.25) is 5.02 Å². The maximum Gasteiger partial charge on any atom is 0.315 e. The second-order valence-electron chi connectivity index (χ2n) is 5.87. The SMILES string of the molecule is CC(C)[C@@H](NC(=O)NC[C@@H](O)c1ccccc1Cl)c1ccccn1. The van der Waals surface area contributed by atoms with Gasteiger partial charge in [0.05, 0.1) is 17.8 Å². The number of aliphatic hydroxyl groups is 1. The van der Waals surface area contributed by atoms with Crippen LogP contribution in [0.1, 0.15) is 37.3 Å². The lowest BCUT2D eigenvalue weighted by molar-refractivity contribution is 0.172. The van der Waals surface area contributed by atoms with Crippen LogP contribution in [0.15, 0.2) is 48.7 Å². The number of aromatic nitrogens is 1. The van der Waals surface area contributed by atoms with Crippen LogP contribution < -0.4 is 10.6 Å². The van der Waals surface area contributed by atoms with Crippen molar-refractivity contribution in [1.82, 2.24) is 15.6 Å². The summed E-state index contributed by atoms with van der Waals surface area (Å²) in [6.45, 7) is 4.10. The van der Waals surface area contributed by atoms with E-state index in [-0.39, 0.29) is 24.5 Å². The second kappa shape index (κ2) is 8.66. The van der Waals surface area contributed by atoms with Gasteiger partial charge in [-0.2, -0.15) is 0 Å². The van der Waals surface area contributed by atoms with Crippen LogP contribution in [-0.4, -0.2) is 22.7 Å². The molecule has 2 aromatic rings. The van der Waals surface area contributed by atoms with E-state index in [9.17, 15) is 9.90 Å². The summed E-state index contributed by atoms with van der Waals surface area (Å²) in [5.74, 6) is 0.180. The van der Waals surface area contributed by atoms with Gasteiger partial charge in [0.1, 0.15) is 0 Å². The zero-order valence-corrected chi connectivity index (χ0v) is 14.5. The number of hydrogen-bond acceptors (Lipinski definition) is 3. The van der Waals surface area contributed by atoms with Crippen molar-refractivity contribution in [2.75, 3.05) is 6.54 Å². The summed E-state index contributed by atoms with van der Waals surface area (Å²) in [4.78, 5) is 16.5. The third kappa shape index (κ3) is 4.94. The highest BCUT2D eigenvalue weighted by atomic mass is 35.5. The minimum atomic E-state index is -0.864. The second-order valence-corrected chi connectivity index (χ2v) is 6.28. The molecule has 0 spiro atoms. The lowest BCUT2D eigenvalue weighted by Gasteiger charge is -2.22. The molecule has 24 heavy (non-hydrogen) atoms. The van der Waals surface area contributed by atoms with E-state index >= 15 is 0 Å². The molecule has 0 radical (unpaired) electrons. The monoisotopic (exact) mass is 347 g/mol. The standard InChI is InChI=1S/C18H22ClN3O2/c1-12(2)17(15-9-5-6-10-20-15)22-18(24)21-11-16(23)13-7-3-4-8-14(13)19/h3-10,12,16-17,23H,11H2,1-2H3,(H2,21,22,24)/t16-,17-/m1/s1. The van der Waals surface area contributed by atoms with Crippen molar-refractivity contribution in [3.63, 3.8) is 0 Å². The van der Waals surface area contributed by atoms with Crippen molar-refractivity contribution in [1.29, 1.82) is 0 Å². The number of benzene rings is 1. The number of nitrogens with one attached hydrogen (secondary N) is 2. The first kappa shape index (κ1) is 18.2. The first-order valence-corrected chi connectivity index (χ1v) is 8.24. The number of hydrogen-bond donors (Lipinski definition) is 3. The molecule has 1 aromatic carbocycles. The molecule has 6 heteroatoms. The Hall–Kier alpha value is -2.11. The number of carbonyl (C=O) groups is 1. The van der Waals surface area contributed by atoms with Gasteiger partial charge in [-0.25, -0.2) is 4.79 Å². The summed E-state index contributed by atoms with van der Waals surface area (Å²) >= 11 is 6.04. The lowest BCUT2D eigenvalue weighted by Crippen LogP contribution is -2.41. The van der Waals surface area contributed by atoms with E-state index in [1.807, 2.05) is 32.0 Å². The zero-order valence-electron chi connectivity index (χ0n) is 13.7. The molecule has 0 aliphatic heterocycles. The summed E-state index contributed by atoms with van der Waals surface area (Å²) in [5, 5.41) is 16.2. The number of amides is 2. The van der Waals surface area contributed by atoms with E-state index in [1.54, 1.807) is 30.5 Å². The Morgan fingerprint density at radius 2 is 1.92 bits per heavy atom. The molecule has 2 atom stereocenters. The first-order valence-electron chi connectivity index (χ1n) is 7.86. The third-order valence-electron chi connectivity index (χ3n) is 3.68. The Morgan fingerprint density at radius 3 is 2.54 bits per heavy atom. The predicted octanol–water partition coefficient (Wildman–Crippen LogP) is 3.46. The maximum atomic E-state index is 12.2. The smallest absolute Gasteiger partial charge is 0.315 e. The molecule has 0 saturated carbocycles. The molecule has 0 unspecified atom stereocenters. The Bertz CT molecular complexity index is 664. The predicted molar refractivity (Wildman–Crippen MR) is 94.8 cm³/mol. The fraction of sp³-hybridized carbons (Fsp3) is 0.333. The summed E-state index contributed by atoms with van der Waals surface area (Å²) in [6, 6.07) is 12.1. The van der Waals surface area contributed by atoms with Gasteiger partial charge in [-0.15, -0.1) is 0 Å². The number of nitrogens with zero attached hydrogens (tertiary/aromatic N) is 1. The number of halogens is 1. The molecule has 2 rings (SSSR count). The van der Waals surface area contributed by atoms with Gasteiger partial charge in [0.2, 0.25) is 0 Å². The van der Waals surface area contributed by atoms with Gasteiger partial charge in [0, 0.05) is 23.3 Å². The van der Waals surface area contributed by atoms with Crippen LogP contribution >= 0.6 is 11.6 Å². The largest absolute Gasteiger partial charge is 0.387 e. The summed E-state index contributed by atoms with van der Waals surface area (Å²) in [7, 11) is 0. The molecule has 3 N–H and O–H groups in total. The van der Waals surface area contributed by atoms with Crippen LogP contribution in [0.25, 0.3) is 0 Å². The molecule has 0 bridgehead atoms. The van der Waals surface area contributed by atoms with Crippen LogP contribution in [0.4, 0.5) is 4.79 Å². The summed E-state index contributed by atoms with van der Waals surface area (Å²) < 4.78 is 0. The van der Waals surface area contributed by atoms with E-state index in [0.717, 1.165) is 5.69 Å².